The monoisotopic (exact) mass is 312 g/mol. The summed E-state index contributed by atoms with van der Waals surface area (Å²) >= 11 is 0. The van der Waals surface area contributed by atoms with Crippen molar-refractivity contribution in [1.29, 1.82) is 0 Å². The van der Waals surface area contributed by atoms with Crippen molar-refractivity contribution < 1.29 is 9.32 Å². The number of carbonyl (C=O) groups excluding carboxylic acids is 1. The lowest BCUT2D eigenvalue weighted by atomic mass is 10.1. The molecule has 0 aliphatic rings. The van der Waals surface area contributed by atoms with E-state index in [2.05, 4.69) is 17.3 Å². The Bertz CT molecular complexity index is 667. The smallest absolute Gasteiger partial charge is 0.246 e. The minimum atomic E-state index is 0.00978. The summed E-state index contributed by atoms with van der Waals surface area (Å²) in [5.74, 6) is 0.780. The van der Waals surface area contributed by atoms with Gasteiger partial charge in [0.05, 0.1) is 12.2 Å². The molecule has 0 bridgehead atoms. The Morgan fingerprint density at radius 1 is 1.26 bits per heavy atom. The Morgan fingerprint density at radius 3 is 2.57 bits per heavy atom. The third-order valence-corrected chi connectivity index (χ3v) is 3.97. The summed E-state index contributed by atoms with van der Waals surface area (Å²) in [6, 6.07) is 10.3. The van der Waals surface area contributed by atoms with Crippen molar-refractivity contribution in [2.45, 2.75) is 40.2 Å². The van der Waals surface area contributed by atoms with Gasteiger partial charge in [0.15, 0.2) is 0 Å². The first-order valence-electron chi connectivity index (χ1n) is 7.85. The van der Waals surface area contributed by atoms with Gasteiger partial charge in [0.1, 0.15) is 5.76 Å². The van der Waals surface area contributed by atoms with E-state index in [-0.39, 0.29) is 5.91 Å². The average molecular weight is 312 g/mol. The van der Waals surface area contributed by atoms with Crippen LogP contribution in [-0.2, 0) is 17.8 Å². The van der Waals surface area contributed by atoms with Crippen LogP contribution < -0.4 is 0 Å². The van der Waals surface area contributed by atoms with Gasteiger partial charge in [-0.05, 0) is 39.2 Å². The minimum Gasteiger partial charge on any atom is -0.361 e. The van der Waals surface area contributed by atoms with E-state index >= 15 is 0 Å². The Balaban J connectivity index is 1.91. The number of likely N-dealkylation sites (N-methyl/N-ethyl adjacent to an activating group) is 1. The van der Waals surface area contributed by atoms with Crippen molar-refractivity contribution in [3.63, 3.8) is 0 Å². The average Bonchev–Trinajstić information content (AvgIpc) is 2.85. The third-order valence-electron chi connectivity index (χ3n) is 3.97. The molecule has 1 aromatic heterocycles. The van der Waals surface area contributed by atoms with Gasteiger partial charge in [-0.1, -0.05) is 41.1 Å². The van der Waals surface area contributed by atoms with Gasteiger partial charge in [0, 0.05) is 18.7 Å². The second-order valence-electron chi connectivity index (χ2n) is 5.97. The Morgan fingerprint density at radius 2 is 1.96 bits per heavy atom. The van der Waals surface area contributed by atoms with Crippen molar-refractivity contribution >= 4 is 5.91 Å². The quantitative estimate of drug-likeness (QED) is 0.762. The van der Waals surface area contributed by atoms with Crippen LogP contribution in [0.3, 0.4) is 0 Å². The molecule has 1 amide bonds. The minimum absolute atomic E-state index is 0.00978. The van der Waals surface area contributed by atoms with Crippen molar-refractivity contribution in [3.8, 4) is 0 Å². The van der Waals surface area contributed by atoms with Gasteiger partial charge in [-0.15, -0.1) is 0 Å². The van der Waals surface area contributed by atoms with Crippen molar-refractivity contribution in [3.05, 3.63) is 64.6 Å². The maximum Gasteiger partial charge on any atom is 0.246 e. The van der Waals surface area contributed by atoms with Crippen LogP contribution in [-0.4, -0.2) is 23.0 Å². The van der Waals surface area contributed by atoms with Crippen LogP contribution in [0.5, 0.6) is 0 Å². The zero-order chi connectivity index (χ0) is 16.8. The molecule has 0 atom stereocenters. The second kappa shape index (κ2) is 7.77. The van der Waals surface area contributed by atoms with E-state index in [9.17, 15) is 4.79 Å². The molecule has 4 heteroatoms. The molecule has 0 saturated heterocycles. The molecular weight excluding hydrogens is 288 g/mol. The molecule has 0 unspecified atom stereocenters. The van der Waals surface area contributed by atoms with E-state index in [4.69, 9.17) is 4.52 Å². The van der Waals surface area contributed by atoms with Crippen LogP contribution in [0.4, 0.5) is 0 Å². The first-order chi connectivity index (χ1) is 11.0. The van der Waals surface area contributed by atoms with Crippen LogP contribution in [0.25, 0.3) is 0 Å². The lowest BCUT2D eigenvalue weighted by molar-refractivity contribution is -0.125. The maximum absolute atomic E-state index is 12.3. The summed E-state index contributed by atoms with van der Waals surface area (Å²) in [5.41, 5.74) is 4.20. The molecule has 0 saturated carbocycles. The summed E-state index contributed by atoms with van der Waals surface area (Å²) < 4.78 is 5.14. The molecule has 1 aromatic carbocycles. The van der Waals surface area contributed by atoms with Gasteiger partial charge in [0.2, 0.25) is 5.91 Å². The van der Waals surface area contributed by atoms with Gasteiger partial charge in [-0.3, -0.25) is 4.79 Å². The topological polar surface area (TPSA) is 46.3 Å². The number of amides is 1. The second-order valence-corrected chi connectivity index (χ2v) is 5.97. The predicted molar refractivity (Wildman–Crippen MR) is 91.0 cm³/mol. The normalized spacial score (nSPS) is 11.6. The first-order valence-corrected chi connectivity index (χ1v) is 7.85. The zero-order valence-electron chi connectivity index (χ0n) is 14.3. The van der Waals surface area contributed by atoms with Crippen molar-refractivity contribution in [2.24, 2.45) is 0 Å². The number of hydrogen-bond acceptors (Lipinski definition) is 3. The molecule has 4 nitrogen and oxygen atoms in total. The van der Waals surface area contributed by atoms with Crippen molar-refractivity contribution in [2.75, 3.05) is 7.05 Å². The molecular formula is C19H24N2O2. The summed E-state index contributed by atoms with van der Waals surface area (Å²) in [6.07, 6.45) is 3.56. The highest BCUT2D eigenvalue weighted by Gasteiger charge is 2.14. The standard InChI is InChI=1S/C19H24N2O2/c1-14(10-11-17-8-6-5-7-9-17)12-19(22)21(4)13-18-15(2)20-23-16(18)3/h5-9,12H,10-11,13H2,1-4H3/b14-12-. The van der Waals surface area contributed by atoms with E-state index in [1.54, 1.807) is 18.0 Å². The molecule has 0 radical (unpaired) electrons. The van der Waals surface area contributed by atoms with Gasteiger partial charge in [-0.25, -0.2) is 0 Å². The third kappa shape index (κ3) is 4.81. The molecule has 122 valence electrons. The Hall–Kier alpha value is -2.36. The predicted octanol–water partition coefficient (Wildman–Crippen LogP) is 3.83. The summed E-state index contributed by atoms with van der Waals surface area (Å²) in [6.45, 7) is 6.28. The van der Waals surface area contributed by atoms with Crippen LogP contribution >= 0.6 is 0 Å². The van der Waals surface area contributed by atoms with Crippen LogP contribution in [0.15, 0.2) is 46.5 Å². The first kappa shape index (κ1) is 17.0. The summed E-state index contributed by atoms with van der Waals surface area (Å²) in [7, 11) is 1.80. The fraction of sp³-hybridized carbons (Fsp3) is 0.368. The van der Waals surface area contributed by atoms with Gasteiger partial charge >= 0.3 is 0 Å². The number of carbonyl (C=O) groups is 1. The van der Waals surface area contributed by atoms with Crippen molar-refractivity contribution in [1.82, 2.24) is 10.1 Å². The number of hydrogen-bond donors (Lipinski definition) is 0. The van der Waals surface area contributed by atoms with E-state index in [1.165, 1.54) is 5.56 Å². The number of benzene rings is 1. The highest BCUT2D eigenvalue weighted by molar-refractivity contribution is 5.88. The molecule has 0 fully saturated rings. The van der Waals surface area contributed by atoms with E-state index < -0.39 is 0 Å². The molecule has 2 aromatic rings. The lowest BCUT2D eigenvalue weighted by Gasteiger charge is -2.15. The number of aromatic nitrogens is 1. The van der Waals surface area contributed by atoms with Gasteiger partial charge < -0.3 is 9.42 Å². The van der Waals surface area contributed by atoms with E-state index in [0.29, 0.717) is 6.54 Å². The largest absolute Gasteiger partial charge is 0.361 e. The Labute approximate surface area is 137 Å². The highest BCUT2D eigenvalue weighted by atomic mass is 16.5. The highest BCUT2D eigenvalue weighted by Crippen LogP contribution is 2.15. The number of nitrogens with zero attached hydrogens (tertiary/aromatic N) is 2. The number of allylic oxidation sites excluding steroid dienone is 1. The zero-order valence-corrected chi connectivity index (χ0v) is 14.3. The molecule has 0 N–H and O–H groups in total. The molecule has 23 heavy (non-hydrogen) atoms. The van der Waals surface area contributed by atoms with Crippen LogP contribution in [0.2, 0.25) is 0 Å². The summed E-state index contributed by atoms with van der Waals surface area (Å²) in [5, 5.41) is 3.92. The SMILES string of the molecule is C/C(=C/C(=O)N(C)Cc1c(C)noc1C)CCc1ccccc1. The van der Waals surface area contributed by atoms with Crippen LogP contribution in [0, 0.1) is 13.8 Å². The number of aryl methyl sites for hydroxylation is 3. The molecule has 0 aliphatic carbocycles. The summed E-state index contributed by atoms with van der Waals surface area (Å²) in [4.78, 5) is 14.0. The fourth-order valence-corrected chi connectivity index (χ4v) is 2.42. The lowest BCUT2D eigenvalue weighted by Crippen LogP contribution is -2.25. The van der Waals surface area contributed by atoms with Gasteiger partial charge in [0.25, 0.3) is 0 Å². The molecule has 0 aliphatic heterocycles. The molecule has 1 heterocycles. The Kier molecular flexibility index (Phi) is 5.74. The molecule has 2 rings (SSSR count). The molecule has 0 spiro atoms. The van der Waals surface area contributed by atoms with E-state index in [0.717, 1.165) is 35.4 Å². The maximum atomic E-state index is 12.3. The van der Waals surface area contributed by atoms with Gasteiger partial charge in [-0.2, -0.15) is 0 Å². The van der Waals surface area contributed by atoms with E-state index in [1.807, 2.05) is 39.0 Å². The number of rotatable bonds is 6. The van der Waals surface area contributed by atoms with Crippen LogP contribution in [0.1, 0.15) is 35.9 Å². The fourth-order valence-electron chi connectivity index (χ4n) is 2.42.